The SMILES string of the molecule is O=C1Nc2cc(Sc3ccccc3)ccc2C1=CNc1ccccc1. The molecule has 1 aliphatic heterocycles. The summed E-state index contributed by atoms with van der Waals surface area (Å²) in [4.78, 5) is 14.6. The van der Waals surface area contributed by atoms with Crippen LogP contribution in [0.1, 0.15) is 5.56 Å². The van der Waals surface area contributed by atoms with Crippen molar-refractivity contribution in [2.24, 2.45) is 0 Å². The normalized spacial score (nSPS) is 14.2. The number of hydrogen-bond acceptors (Lipinski definition) is 3. The fourth-order valence-electron chi connectivity index (χ4n) is 2.69. The number of rotatable bonds is 4. The van der Waals surface area contributed by atoms with Gasteiger partial charge in [-0.2, -0.15) is 0 Å². The van der Waals surface area contributed by atoms with Gasteiger partial charge in [-0.05, 0) is 36.4 Å². The number of hydrogen-bond donors (Lipinski definition) is 2. The Hall–Kier alpha value is -2.98. The van der Waals surface area contributed by atoms with E-state index in [-0.39, 0.29) is 5.91 Å². The Morgan fingerprint density at radius 3 is 2.32 bits per heavy atom. The minimum atomic E-state index is -0.0831. The van der Waals surface area contributed by atoms with Gasteiger partial charge < -0.3 is 10.6 Å². The quantitative estimate of drug-likeness (QED) is 0.636. The Morgan fingerprint density at radius 2 is 1.56 bits per heavy atom. The molecule has 3 aromatic rings. The summed E-state index contributed by atoms with van der Waals surface area (Å²) in [6.07, 6.45) is 1.76. The predicted octanol–water partition coefficient (Wildman–Crippen LogP) is 5.24. The number of nitrogens with one attached hydrogen (secondary N) is 2. The Balaban J connectivity index is 1.57. The van der Waals surface area contributed by atoms with Crippen LogP contribution in [0.5, 0.6) is 0 Å². The van der Waals surface area contributed by atoms with Gasteiger partial charge in [-0.3, -0.25) is 4.79 Å². The first kappa shape index (κ1) is 15.5. The first-order valence-electron chi connectivity index (χ1n) is 8.00. The summed E-state index contributed by atoms with van der Waals surface area (Å²) in [5.74, 6) is -0.0831. The minimum absolute atomic E-state index is 0.0831. The summed E-state index contributed by atoms with van der Waals surface area (Å²) in [7, 11) is 0. The fourth-order valence-corrected chi connectivity index (χ4v) is 3.57. The Bertz CT molecular complexity index is 937. The van der Waals surface area contributed by atoms with Gasteiger partial charge >= 0.3 is 0 Å². The van der Waals surface area contributed by atoms with Crippen LogP contribution in [0.3, 0.4) is 0 Å². The molecule has 3 aromatic carbocycles. The van der Waals surface area contributed by atoms with Gasteiger partial charge in [0, 0.05) is 27.2 Å². The topological polar surface area (TPSA) is 41.1 Å². The highest BCUT2D eigenvalue weighted by Crippen LogP contribution is 2.37. The third kappa shape index (κ3) is 3.44. The van der Waals surface area contributed by atoms with Gasteiger partial charge in [0.05, 0.1) is 11.3 Å². The summed E-state index contributed by atoms with van der Waals surface area (Å²) >= 11 is 1.68. The van der Waals surface area contributed by atoms with Gasteiger partial charge in [0.1, 0.15) is 0 Å². The molecule has 2 N–H and O–H groups in total. The number of anilines is 2. The zero-order chi connectivity index (χ0) is 17.1. The van der Waals surface area contributed by atoms with E-state index < -0.39 is 0 Å². The molecular formula is C21H16N2OS. The molecule has 25 heavy (non-hydrogen) atoms. The molecular weight excluding hydrogens is 328 g/mol. The molecule has 0 spiro atoms. The summed E-state index contributed by atoms with van der Waals surface area (Å²) in [6, 6.07) is 26.1. The number of benzene rings is 3. The number of para-hydroxylation sites is 1. The third-order valence-electron chi connectivity index (χ3n) is 3.91. The molecule has 0 aliphatic carbocycles. The Kier molecular flexibility index (Phi) is 4.27. The molecule has 1 aliphatic rings. The maximum atomic E-state index is 12.3. The third-order valence-corrected chi connectivity index (χ3v) is 4.91. The van der Waals surface area contributed by atoms with Gasteiger partial charge in [0.25, 0.3) is 5.91 Å². The van der Waals surface area contributed by atoms with Crippen molar-refractivity contribution in [1.29, 1.82) is 0 Å². The second kappa shape index (κ2) is 6.87. The highest BCUT2D eigenvalue weighted by atomic mass is 32.2. The van der Waals surface area contributed by atoms with Crippen LogP contribution in [0.15, 0.2) is 94.9 Å². The van der Waals surface area contributed by atoms with Gasteiger partial charge in [-0.15, -0.1) is 0 Å². The molecule has 122 valence electrons. The predicted molar refractivity (Wildman–Crippen MR) is 104 cm³/mol. The van der Waals surface area contributed by atoms with Crippen LogP contribution in [-0.2, 0) is 4.79 Å². The first-order chi connectivity index (χ1) is 12.3. The average Bonchev–Trinajstić information content (AvgIpc) is 2.96. The second-order valence-electron chi connectivity index (χ2n) is 5.65. The summed E-state index contributed by atoms with van der Waals surface area (Å²) in [5.41, 5.74) is 3.38. The molecule has 0 atom stereocenters. The molecule has 0 saturated carbocycles. The van der Waals surface area contributed by atoms with Crippen molar-refractivity contribution >= 4 is 34.6 Å². The highest BCUT2D eigenvalue weighted by molar-refractivity contribution is 7.99. The van der Waals surface area contributed by atoms with Gasteiger partial charge in [-0.25, -0.2) is 0 Å². The molecule has 0 unspecified atom stereocenters. The van der Waals surface area contributed by atoms with Crippen LogP contribution < -0.4 is 10.6 Å². The standard InChI is InChI=1S/C21H16N2OS/c24-21-19(14-22-15-7-3-1-4-8-15)18-12-11-17(13-20(18)23-21)25-16-9-5-2-6-10-16/h1-14,22H,(H,23,24). The van der Waals surface area contributed by atoms with Gasteiger partial charge in [-0.1, -0.05) is 54.2 Å². The van der Waals surface area contributed by atoms with E-state index >= 15 is 0 Å². The molecule has 4 rings (SSSR count). The summed E-state index contributed by atoms with van der Waals surface area (Å²) in [5, 5.41) is 6.13. The van der Waals surface area contributed by atoms with Crippen LogP contribution in [0.4, 0.5) is 11.4 Å². The molecule has 0 fully saturated rings. The Morgan fingerprint density at radius 1 is 0.840 bits per heavy atom. The molecule has 0 aromatic heterocycles. The largest absolute Gasteiger partial charge is 0.361 e. The van der Waals surface area contributed by atoms with Gasteiger partial charge in [0.15, 0.2) is 0 Å². The average molecular weight is 344 g/mol. The molecule has 0 bridgehead atoms. The minimum Gasteiger partial charge on any atom is -0.361 e. The van der Waals surface area contributed by atoms with Crippen LogP contribution in [-0.4, -0.2) is 5.91 Å². The van der Waals surface area contributed by atoms with Crippen molar-refractivity contribution in [2.45, 2.75) is 9.79 Å². The lowest BCUT2D eigenvalue weighted by atomic mass is 10.1. The van der Waals surface area contributed by atoms with E-state index in [2.05, 4.69) is 22.8 Å². The second-order valence-corrected chi connectivity index (χ2v) is 6.79. The summed E-state index contributed by atoms with van der Waals surface area (Å²) in [6.45, 7) is 0. The Labute approximate surface area is 150 Å². The van der Waals surface area contributed by atoms with Crippen molar-refractivity contribution in [2.75, 3.05) is 10.6 Å². The number of carbonyl (C=O) groups excluding carboxylic acids is 1. The molecule has 0 saturated heterocycles. The molecule has 3 nitrogen and oxygen atoms in total. The van der Waals surface area contributed by atoms with Crippen LogP contribution in [0, 0.1) is 0 Å². The lowest BCUT2D eigenvalue weighted by Crippen LogP contribution is -2.05. The van der Waals surface area contributed by atoms with Crippen molar-refractivity contribution in [3.8, 4) is 0 Å². The van der Waals surface area contributed by atoms with Gasteiger partial charge in [0.2, 0.25) is 0 Å². The monoisotopic (exact) mass is 344 g/mol. The smallest absolute Gasteiger partial charge is 0.257 e. The molecule has 4 heteroatoms. The maximum absolute atomic E-state index is 12.3. The number of carbonyl (C=O) groups is 1. The summed E-state index contributed by atoms with van der Waals surface area (Å²) < 4.78 is 0. The number of amides is 1. The van der Waals surface area contributed by atoms with Crippen LogP contribution in [0.2, 0.25) is 0 Å². The van der Waals surface area contributed by atoms with Crippen LogP contribution >= 0.6 is 11.8 Å². The maximum Gasteiger partial charge on any atom is 0.257 e. The van der Waals surface area contributed by atoms with Crippen molar-refractivity contribution in [1.82, 2.24) is 0 Å². The zero-order valence-electron chi connectivity index (χ0n) is 13.4. The van der Waals surface area contributed by atoms with E-state index in [4.69, 9.17) is 0 Å². The fraction of sp³-hybridized carbons (Fsp3) is 0. The van der Waals surface area contributed by atoms with E-state index in [0.717, 1.165) is 21.8 Å². The highest BCUT2D eigenvalue weighted by Gasteiger charge is 2.24. The lowest BCUT2D eigenvalue weighted by molar-refractivity contribution is -0.110. The first-order valence-corrected chi connectivity index (χ1v) is 8.82. The molecule has 0 radical (unpaired) electrons. The molecule has 1 amide bonds. The van der Waals surface area contributed by atoms with Crippen LogP contribution in [0.25, 0.3) is 5.57 Å². The zero-order valence-corrected chi connectivity index (χ0v) is 14.2. The van der Waals surface area contributed by atoms with E-state index in [0.29, 0.717) is 5.57 Å². The van der Waals surface area contributed by atoms with E-state index in [1.54, 1.807) is 18.0 Å². The van der Waals surface area contributed by atoms with E-state index in [1.807, 2.05) is 66.7 Å². The van der Waals surface area contributed by atoms with E-state index in [9.17, 15) is 4.79 Å². The molecule has 1 heterocycles. The van der Waals surface area contributed by atoms with Crippen molar-refractivity contribution < 1.29 is 4.79 Å². The lowest BCUT2D eigenvalue weighted by Gasteiger charge is -2.05. The van der Waals surface area contributed by atoms with Crippen molar-refractivity contribution in [3.63, 3.8) is 0 Å². The van der Waals surface area contributed by atoms with E-state index in [1.165, 1.54) is 4.90 Å². The number of fused-ring (bicyclic) bond motifs is 1. The van der Waals surface area contributed by atoms with Crippen molar-refractivity contribution in [3.05, 3.63) is 90.6 Å².